The maximum atomic E-state index is 13.7. The molecule has 0 amide bonds. The minimum Gasteiger partial charge on any atom is -0.464 e. The Hall–Kier alpha value is -1.98. The first-order valence-corrected chi connectivity index (χ1v) is 9.21. The molecule has 2 heterocycles. The Labute approximate surface area is 133 Å². The number of aliphatic hydroxyl groups is 1. The van der Waals surface area contributed by atoms with Crippen LogP contribution in [0.3, 0.4) is 0 Å². The van der Waals surface area contributed by atoms with Crippen molar-refractivity contribution in [2.45, 2.75) is 24.7 Å². The molecular weight excluding hydrogens is 317 g/mol. The second-order valence-electron chi connectivity index (χ2n) is 5.89. The molecule has 1 unspecified atom stereocenters. The molecule has 1 saturated heterocycles. The van der Waals surface area contributed by atoms with Gasteiger partial charge in [-0.1, -0.05) is 35.5 Å². The van der Waals surface area contributed by atoms with Crippen molar-refractivity contribution in [1.29, 1.82) is 0 Å². The summed E-state index contributed by atoms with van der Waals surface area (Å²) in [5.74, 6) is -1.48. The van der Waals surface area contributed by atoms with Gasteiger partial charge in [0.1, 0.15) is 12.9 Å². The van der Waals surface area contributed by atoms with Crippen LogP contribution < -0.4 is 5.30 Å². The van der Waals surface area contributed by atoms with E-state index in [4.69, 9.17) is 4.74 Å². The fraction of sp³-hybridized carbons (Fsp3) is 0.400. The molecule has 3 rings (SSSR count). The topological polar surface area (TPSA) is 94.3 Å². The van der Waals surface area contributed by atoms with E-state index in [-0.39, 0.29) is 5.69 Å². The van der Waals surface area contributed by atoms with Gasteiger partial charge >= 0.3 is 5.97 Å². The van der Waals surface area contributed by atoms with E-state index in [1.54, 1.807) is 19.1 Å². The summed E-state index contributed by atoms with van der Waals surface area (Å²) in [5.41, 5.74) is -1.18. The molecule has 0 bridgehead atoms. The van der Waals surface area contributed by atoms with Gasteiger partial charge in [0.2, 0.25) is 0 Å². The van der Waals surface area contributed by atoms with E-state index in [2.05, 4.69) is 10.3 Å². The second-order valence-corrected chi connectivity index (χ2v) is 8.93. The number of ether oxygens (including phenoxy) is 1. The SMILES string of the molecule is COC(=O)c1cnnn1[C@H]1[C@](C)(O)CCP1(=O)c1ccccc1. The van der Waals surface area contributed by atoms with Crippen molar-refractivity contribution in [2.75, 3.05) is 13.3 Å². The second kappa shape index (κ2) is 5.58. The molecule has 1 aromatic heterocycles. The summed E-state index contributed by atoms with van der Waals surface area (Å²) in [4.78, 5) is 11.9. The quantitative estimate of drug-likeness (QED) is 0.673. The van der Waals surface area contributed by atoms with Crippen molar-refractivity contribution in [3.05, 3.63) is 42.2 Å². The van der Waals surface area contributed by atoms with Crippen LogP contribution in [-0.4, -0.2) is 44.9 Å². The average molecular weight is 335 g/mol. The first-order valence-electron chi connectivity index (χ1n) is 7.25. The van der Waals surface area contributed by atoms with Gasteiger partial charge in [-0.3, -0.25) is 0 Å². The largest absolute Gasteiger partial charge is 0.464 e. The fourth-order valence-corrected chi connectivity index (χ4v) is 6.96. The van der Waals surface area contributed by atoms with Crippen LogP contribution in [0.15, 0.2) is 36.5 Å². The van der Waals surface area contributed by atoms with E-state index in [1.807, 2.05) is 18.2 Å². The average Bonchev–Trinajstić information content (AvgIpc) is 3.10. The van der Waals surface area contributed by atoms with Crippen LogP contribution in [0.1, 0.15) is 29.6 Å². The van der Waals surface area contributed by atoms with Gasteiger partial charge in [0, 0.05) is 11.5 Å². The van der Waals surface area contributed by atoms with E-state index in [1.165, 1.54) is 18.0 Å². The molecule has 23 heavy (non-hydrogen) atoms. The van der Waals surface area contributed by atoms with E-state index in [9.17, 15) is 14.5 Å². The fourth-order valence-electron chi connectivity index (χ4n) is 3.16. The Morgan fingerprint density at radius 1 is 1.43 bits per heavy atom. The van der Waals surface area contributed by atoms with E-state index >= 15 is 0 Å². The van der Waals surface area contributed by atoms with Gasteiger partial charge in [0.15, 0.2) is 5.69 Å². The monoisotopic (exact) mass is 335 g/mol. The highest BCUT2D eigenvalue weighted by Gasteiger charge is 2.55. The zero-order valence-corrected chi connectivity index (χ0v) is 13.8. The summed E-state index contributed by atoms with van der Waals surface area (Å²) in [6.45, 7) is 1.61. The molecule has 2 aromatic rings. The first kappa shape index (κ1) is 15.9. The molecule has 1 aromatic carbocycles. The lowest BCUT2D eigenvalue weighted by Crippen LogP contribution is -2.35. The first-order chi connectivity index (χ1) is 10.9. The number of nitrogens with zero attached hydrogens (tertiary/aromatic N) is 3. The molecule has 0 radical (unpaired) electrons. The number of carbonyl (C=O) groups is 1. The number of benzene rings is 1. The van der Waals surface area contributed by atoms with Gasteiger partial charge in [-0.2, -0.15) is 0 Å². The van der Waals surface area contributed by atoms with Crippen molar-refractivity contribution < 1.29 is 19.2 Å². The summed E-state index contributed by atoms with van der Waals surface area (Å²) < 4.78 is 19.7. The number of methoxy groups -OCH3 is 1. The number of rotatable bonds is 3. The smallest absolute Gasteiger partial charge is 0.358 e. The number of hydrogen-bond acceptors (Lipinski definition) is 6. The van der Waals surface area contributed by atoms with Gasteiger partial charge in [-0.15, -0.1) is 5.10 Å². The van der Waals surface area contributed by atoms with Crippen molar-refractivity contribution in [1.82, 2.24) is 15.0 Å². The molecule has 8 heteroatoms. The summed E-state index contributed by atoms with van der Waals surface area (Å²) in [6.07, 6.45) is 1.95. The van der Waals surface area contributed by atoms with Crippen LogP contribution in [0.4, 0.5) is 0 Å². The maximum Gasteiger partial charge on any atom is 0.358 e. The molecule has 0 aliphatic carbocycles. The number of esters is 1. The Balaban J connectivity index is 2.16. The molecule has 1 N–H and O–H groups in total. The normalized spacial score (nSPS) is 30.3. The molecule has 0 spiro atoms. The molecule has 3 atom stereocenters. The Kier molecular flexibility index (Phi) is 3.86. The third kappa shape index (κ3) is 2.50. The molecule has 1 aliphatic rings. The van der Waals surface area contributed by atoms with E-state index in [0.29, 0.717) is 17.9 Å². The molecule has 0 saturated carbocycles. The number of hydrogen-bond donors (Lipinski definition) is 1. The van der Waals surface area contributed by atoms with Gasteiger partial charge in [0.25, 0.3) is 0 Å². The molecule has 1 aliphatic heterocycles. The molecule has 1 fully saturated rings. The van der Waals surface area contributed by atoms with E-state index in [0.717, 1.165) is 0 Å². The molecular formula is C15H18N3O4P. The highest BCUT2D eigenvalue weighted by atomic mass is 31.2. The van der Waals surface area contributed by atoms with Crippen LogP contribution in [0.25, 0.3) is 0 Å². The van der Waals surface area contributed by atoms with Crippen LogP contribution in [-0.2, 0) is 9.30 Å². The zero-order valence-electron chi connectivity index (χ0n) is 12.9. The standard InChI is InChI=1S/C15H18N3O4P/c1-15(20)8-9-23(21,11-6-4-3-5-7-11)14(15)18-12(10-16-17-18)13(19)22-2/h3-7,10,14,20H,8-9H2,1-2H3/t14-,15-,23?/m1/s1. The summed E-state index contributed by atoms with van der Waals surface area (Å²) >= 11 is 0. The van der Waals surface area contributed by atoms with Gasteiger partial charge in [-0.05, 0) is 13.3 Å². The molecule has 7 nitrogen and oxygen atoms in total. The Bertz CT molecular complexity index is 772. The molecule has 122 valence electrons. The summed E-state index contributed by atoms with van der Waals surface area (Å²) in [5, 5.41) is 19.1. The van der Waals surface area contributed by atoms with Crippen LogP contribution >= 0.6 is 7.14 Å². The predicted octanol–water partition coefficient (Wildman–Crippen LogP) is 1.41. The van der Waals surface area contributed by atoms with Crippen molar-refractivity contribution in [3.63, 3.8) is 0 Å². The maximum absolute atomic E-state index is 13.7. The third-order valence-corrected chi connectivity index (χ3v) is 7.92. The highest BCUT2D eigenvalue weighted by Crippen LogP contribution is 2.66. The minimum atomic E-state index is -3.02. The van der Waals surface area contributed by atoms with Gasteiger partial charge in [0.05, 0.1) is 18.9 Å². The van der Waals surface area contributed by atoms with Crippen molar-refractivity contribution >= 4 is 18.4 Å². The lowest BCUT2D eigenvalue weighted by Gasteiger charge is -2.30. The minimum absolute atomic E-state index is 0.0795. The van der Waals surface area contributed by atoms with Gasteiger partial charge in [-0.25, -0.2) is 9.48 Å². The lowest BCUT2D eigenvalue weighted by atomic mass is 10.0. The van der Waals surface area contributed by atoms with Gasteiger partial charge < -0.3 is 14.4 Å². The zero-order chi connectivity index (χ0) is 16.7. The summed E-state index contributed by atoms with van der Waals surface area (Å²) in [6, 6.07) is 9.02. The summed E-state index contributed by atoms with van der Waals surface area (Å²) in [7, 11) is -1.76. The van der Waals surface area contributed by atoms with Crippen LogP contribution in [0.5, 0.6) is 0 Å². The van der Waals surface area contributed by atoms with E-state index < -0.39 is 24.5 Å². The van der Waals surface area contributed by atoms with Crippen molar-refractivity contribution in [3.8, 4) is 0 Å². The highest BCUT2D eigenvalue weighted by molar-refractivity contribution is 7.72. The van der Waals surface area contributed by atoms with Crippen LogP contribution in [0.2, 0.25) is 0 Å². The number of aromatic nitrogens is 3. The Morgan fingerprint density at radius 2 is 2.13 bits per heavy atom. The predicted molar refractivity (Wildman–Crippen MR) is 84.2 cm³/mol. The lowest BCUT2D eigenvalue weighted by molar-refractivity contribution is 0.0341. The van der Waals surface area contributed by atoms with Crippen LogP contribution in [0, 0.1) is 0 Å². The Morgan fingerprint density at radius 3 is 2.78 bits per heavy atom. The van der Waals surface area contributed by atoms with Crippen molar-refractivity contribution in [2.24, 2.45) is 0 Å². The number of carbonyl (C=O) groups excluding carboxylic acids is 1. The third-order valence-electron chi connectivity index (χ3n) is 4.30.